The van der Waals surface area contributed by atoms with Crippen molar-refractivity contribution >= 4 is 164 Å². The third kappa shape index (κ3) is 17.6. The molecule has 2 N–H and O–H groups in total. The maximum atomic E-state index is 0. The molecule has 0 unspecified atom stereocenters. The van der Waals surface area contributed by atoms with E-state index >= 15 is 0 Å². The van der Waals surface area contributed by atoms with Crippen LogP contribution in [0.2, 0.25) is 0 Å². The van der Waals surface area contributed by atoms with Crippen molar-refractivity contribution in [3.63, 3.8) is 0 Å². The Balaban J connectivity index is 0. The van der Waals surface area contributed by atoms with E-state index in [9.17, 15) is 0 Å². The Labute approximate surface area is 164 Å². The minimum atomic E-state index is 0. The molecule has 0 aromatic carbocycles. The van der Waals surface area contributed by atoms with E-state index in [1.54, 1.807) is 0 Å². The van der Waals surface area contributed by atoms with Crippen molar-refractivity contribution in [1.29, 1.82) is 0 Å². The van der Waals surface area contributed by atoms with Gasteiger partial charge in [-0.3, -0.25) is 0 Å². The van der Waals surface area contributed by atoms with Crippen LogP contribution >= 0.6 is 0 Å². The first-order valence-electron chi connectivity index (χ1n) is 0. The van der Waals surface area contributed by atoms with E-state index in [0.717, 1.165) is 0 Å². The average Bonchev–Trinajstić information content (AvgIpc) is 0. The first-order valence-corrected chi connectivity index (χ1v) is 0. The van der Waals surface area contributed by atoms with Crippen LogP contribution in [-0.4, -0.2) is 170 Å². The van der Waals surface area contributed by atoms with E-state index < -0.39 is 0 Å². The molecule has 0 aliphatic carbocycles. The molecule has 0 heterocycles. The molecule has 0 amide bonds. The van der Waals surface area contributed by atoms with E-state index in [2.05, 4.69) is 0 Å². The molecule has 0 saturated carbocycles. The molecule has 0 aliphatic rings. The zero-order valence-electron chi connectivity index (χ0n) is 0.500. The summed E-state index contributed by atoms with van der Waals surface area (Å²) in [6, 6.07) is 0. The quantitative estimate of drug-likeness (QED) is 0.368. The Morgan fingerprint density at radius 2 is 1.00 bits per heavy atom. The SMILES string of the molecule is O.[CaH2].[KH].[NaH].[SrH2]. The molecular formula is H8CaKNaOSr. The van der Waals surface area contributed by atoms with Crippen LogP contribution in [0.15, 0.2) is 0 Å². The van der Waals surface area contributed by atoms with Gasteiger partial charge in [-0.15, -0.1) is 0 Å². The normalized spacial score (nSPS) is 0. The fraction of sp³-hybridized carbons (Fsp3) is 0. The third-order valence-corrected chi connectivity index (χ3v) is 0. The fourth-order valence-corrected chi connectivity index (χ4v) is 0. The van der Waals surface area contributed by atoms with Crippen LogP contribution in [0.25, 0.3) is 0 Å². The number of rotatable bonds is 0. The second kappa shape index (κ2) is 22.8. The molecule has 0 fully saturated rings. The van der Waals surface area contributed by atoms with E-state index in [0.29, 0.717) is 0 Å². The molecule has 5 heavy (non-hydrogen) atoms. The van der Waals surface area contributed by atoms with Crippen molar-refractivity contribution in [2.75, 3.05) is 0 Å². The summed E-state index contributed by atoms with van der Waals surface area (Å²) in [5.74, 6) is 0. The standard InChI is InChI=1S/Ca.K.Na.H2O.Sr.6H/h;;;1H2;;;;;;;. The van der Waals surface area contributed by atoms with Crippen LogP contribution in [0.1, 0.15) is 0 Å². The van der Waals surface area contributed by atoms with Crippen LogP contribution in [0.4, 0.5) is 0 Å². The monoisotopic (exact) mass is 214 g/mol. The van der Waals surface area contributed by atoms with Gasteiger partial charge < -0.3 is 5.48 Å². The van der Waals surface area contributed by atoms with Crippen LogP contribution in [0.5, 0.6) is 0 Å². The van der Waals surface area contributed by atoms with Gasteiger partial charge in [0.05, 0.1) is 0 Å². The molecule has 0 spiro atoms. The summed E-state index contributed by atoms with van der Waals surface area (Å²) < 4.78 is 0. The molecule has 20 valence electrons. The molecule has 5 heteroatoms. The van der Waals surface area contributed by atoms with Crippen molar-refractivity contribution in [2.45, 2.75) is 0 Å². The number of hydrogen-bond donors (Lipinski definition) is 0. The van der Waals surface area contributed by atoms with Gasteiger partial charge in [-0.25, -0.2) is 0 Å². The Morgan fingerprint density at radius 3 is 1.00 bits per heavy atom. The molecule has 0 rings (SSSR count). The van der Waals surface area contributed by atoms with Crippen molar-refractivity contribution in [3.8, 4) is 0 Å². The second-order valence-corrected chi connectivity index (χ2v) is 0. The van der Waals surface area contributed by atoms with Crippen molar-refractivity contribution in [2.24, 2.45) is 0 Å². The summed E-state index contributed by atoms with van der Waals surface area (Å²) in [4.78, 5) is 0. The Bertz CT molecular complexity index is 11.6. The van der Waals surface area contributed by atoms with Crippen molar-refractivity contribution in [1.82, 2.24) is 0 Å². The first-order chi connectivity index (χ1) is 0. The van der Waals surface area contributed by atoms with Gasteiger partial charge in [0, 0.05) is 0 Å². The van der Waals surface area contributed by atoms with Crippen LogP contribution in [0, 0.1) is 0 Å². The Morgan fingerprint density at radius 1 is 1.00 bits per heavy atom. The summed E-state index contributed by atoms with van der Waals surface area (Å²) >= 11 is 0. The minimum absolute atomic E-state index is 0. The summed E-state index contributed by atoms with van der Waals surface area (Å²) in [5, 5.41) is 0. The van der Waals surface area contributed by atoms with E-state index in [1.165, 1.54) is 0 Å². The van der Waals surface area contributed by atoms with Crippen LogP contribution in [0.3, 0.4) is 0 Å². The van der Waals surface area contributed by atoms with Gasteiger partial charge in [-0.2, -0.15) is 0 Å². The van der Waals surface area contributed by atoms with Crippen molar-refractivity contribution < 1.29 is 5.48 Å². The van der Waals surface area contributed by atoms with E-state index in [1.807, 2.05) is 0 Å². The van der Waals surface area contributed by atoms with Gasteiger partial charge in [0.2, 0.25) is 0 Å². The molecule has 0 aliphatic heterocycles. The molecule has 0 aromatic rings. The molecule has 0 radical (unpaired) electrons. The Kier molecular flexibility index (Phi) is 144. The van der Waals surface area contributed by atoms with E-state index in [-0.39, 0.29) is 170 Å². The third-order valence-electron chi connectivity index (χ3n) is 0. The molecule has 0 atom stereocenters. The van der Waals surface area contributed by atoms with Crippen LogP contribution < -0.4 is 0 Å². The van der Waals surface area contributed by atoms with Gasteiger partial charge in [0.25, 0.3) is 0 Å². The van der Waals surface area contributed by atoms with Gasteiger partial charge in [-0.1, -0.05) is 0 Å². The first kappa shape index (κ1) is 31.6. The topological polar surface area (TPSA) is 31.5 Å². The zero-order chi connectivity index (χ0) is 0. The summed E-state index contributed by atoms with van der Waals surface area (Å²) in [7, 11) is 0. The number of hydrogen-bond acceptors (Lipinski definition) is 0. The zero-order valence-corrected chi connectivity index (χ0v) is 0.500. The maximum absolute atomic E-state index is 0. The predicted molar refractivity (Wildman–Crippen MR) is 35.0 cm³/mol. The van der Waals surface area contributed by atoms with Gasteiger partial charge in [0.15, 0.2) is 0 Å². The van der Waals surface area contributed by atoms with Crippen molar-refractivity contribution in [3.05, 3.63) is 0 Å². The van der Waals surface area contributed by atoms with E-state index in [4.69, 9.17) is 0 Å². The van der Waals surface area contributed by atoms with Gasteiger partial charge >= 0.3 is 164 Å². The van der Waals surface area contributed by atoms with Gasteiger partial charge in [0.1, 0.15) is 0 Å². The summed E-state index contributed by atoms with van der Waals surface area (Å²) in [6.45, 7) is 0. The van der Waals surface area contributed by atoms with Gasteiger partial charge in [-0.05, 0) is 0 Å². The fourth-order valence-electron chi connectivity index (χ4n) is 0. The molecule has 0 aromatic heterocycles. The molecular weight excluding hydrogens is 206 g/mol. The molecule has 0 bridgehead atoms. The second-order valence-electron chi connectivity index (χ2n) is 0. The summed E-state index contributed by atoms with van der Waals surface area (Å²) in [6.07, 6.45) is 0. The van der Waals surface area contributed by atoms with Crippen LogP contribution in [-0.2, 0) is 0 Å². The molecule has 1 nitrogen and oxygen atoms in total. The molecule has 0 saturated heterocycles. The average molecular weight is 214 g/mol. The summed E-state index contributed by atoms with van der Waals surface area (Å²) in [5.41, 5.74) is 0. The Hall–Kier alpha value is 5.34. The predicted octanol–water partition coefficient (Wildman–Crippen LogP) is -3.95.